The van der Waals surface area contributed by atoms with Crippen molar-refractivity contribution < 1.29 is 5.11 Å². The molecule has 2 heteroatoms. The number of hydrogen-bond acceptors (Lipinski definition) is 2. The second kappa shape index (κ2) is 4.07. The maximum atomic E-state index is 10.3. The fraction of sp³-hybridized carbons (Fsp3) is 0.647. The molecule has 1 fully saturated rings. The highest BCUT2D eigenvalue weighted by Gasteiger charge is 2.45. The average molecular weight is 259 g/mol. The van der Waals surface area contributed by atoms with Crippen LogP contribution in [-0.2, 0) is 17.4 Å². The highest BCUT2D eigenvalue weighted by atomic mass is 16.3. The van der Waals surface area contributed by atoms with Crippen LogP contribution in [0.4, 0.5) is 0 Å². The summed E-state index contributed by atoms with van der Waals surface area (Å²) in [7, 11) is 0. The van der Waals surface area contributed by atoms with Gasteiger partial charge in [0, 0.05) is 6.04 Å². The first-order chi connectivity index (χ1) is 8.82. The van der Waals surface area contributed by atoms with Gasteiger partial charge in [-0.1, -0.05) is 32.0 Å². The zero-order valence-corrected chi connectivity index (χ0v) is 12.5. The molecule has 0 aromatic heterocycles. The fourth-order valence-electron chi connectivity index (χ4n) is 3.90. The van der Waals surface area contributed by atoms with Gasteiger partial charge in [0.2, 0.25) is 0 Å². The summed E-state index contributed by atoms with van der Waals surface area (Å²) in [6.07, 6.45) is 2.31. The molecule has 19 heavy (non-hydrogen) atoms. The van der Waals surface area contributed by atoms with Crippen LogP contribution < -0.4 is 5.32 Å². The van der Waals surface area contributed by atoms with Crippen molar-refractivity contribution in [2.75, 3.05) is 6.54 Å². The first-order valence-corrected chi connectivity index (χ1v) is 7.42. The van der Waals surface area contributed by atoms with Crippen molar-refractivity contribution in [1.29, 1.82) is 0 Å². The van der Waals surface area contributed by atoms with Crippen molar-refractivity contribution in [3.8, 4) is 0 Å². The number of aliphatic hydroxyl groups is 1. The van der Waals surface area contributed by atoms with E-state index in [1.54, 1.807) is 0 Å². The molecule has 1 aliphatic carbocycles. The lowest BCUT2D eigenvalue weighted by molar-refractivity contribution is 0.0779. The molecule has 0 radical (unpaired) electrons. The van der Waals surface area contributed by atoms with Gasteiger partial charge in [0.05, 0.1) is 5.60 Å². The SMILES string of the molecule is CC1C2Cc3ccc(C(C)(C)O)cc3C1(C)CCN2. The van der Waals surface area contributed by atoms with E-state index in [1.165, 1.54) is 17.5 Å². The Morgan fingerprint density at radius 3 is 2.79 bits per heavy atom. The second-order valence-corrected chi connectivity index (χ2v) is 7.15. The summed E-state index contributed by atoms with van der Waals surface area (Å²) in [5, 5.41) is 13.9. The van der Waals surface area contributed by atoms with E-state index in [1.807, 2.05) is 13.8 Å². The van der Waals surface area contributed by atoms with Gasteiger partial charge in [-0.15, -0.1) is 0 Å². The topological polar surface area (TPSA) is 32.3 Å². The molecule has 3 rings (SSSR count). The summed E-state index contributed by atoms with van der Waals surface area (Å²) in [5.41, 5.74) is 3.48. The minimum Gasteiger partial charge on any atom is -0.386 e. The van der Waals surface area contributed by atoms with E-state index in [9.17, 15) is 5.11 Å². The molecular formula is C17H25NO. The summed E-state index contributed by atoms with van der Waals surface area (Å²) in [6, 6.07) is 7.19. The molecule has 1 saturated heterocycles. The number of hydrogen-bond donors (Lipinski definition) is 2. The monoisotopic (exact) mass is 259 g/mol. The van der Waals surface area contributed by atoms with Crippen molar-refractivity contribution in [3.63, 3.8) is 0 Å². The zero-order valence-electron chi connectivity index (χ0n) is 12.5. The number of nitrogens with one attached hydrogen (secondary N) is 1. The van der Waals surface area contributed by atoms with Crippen molar-refractivity contribution in [2.24, 2.45) is 5.92 Å². The summed E-state index contributed by atoms with van der Waals surface area (Å²) < 4.78 is 0. The number of rotatable bonds is 1. The van der Waals surface area contributed by atoms with Crippen LogP contribution in [-0.4, -0.2) is 17.7 Å². The van der Waals surface area contributed by atoms with Gasteiger partial charge in [0.15, 0.2) is 0 Å². The smallest absolute Gasteiger partial charge is 0.0840 e. The maximum absolute atomic E-state index is 10.3. The van der Waals surface area contributed by atoms with E-state index in [4.69, 9.17) is 0 Å². The van der Waals surface area contributed by atoms with Gasteiger partial charge < -0.3 is 10.4 Å². The molecule has 0 spiro atoms. The molecule has 2 aliphatic rings. The summed E-state index contributed by atoms with van der Waals surface area (Å²) in [5.74, 6) is 0.658. The average Bonchev–Trinajstić information content (AvgIpc) is 2.32. The predicted molar refractivity (Wildman–Crippen MR) is 78.3 cm³/mol. The van der Waals surface area contributed by atoms with Crippen molar-refractivity contribution in [1.82, 2.24) is 5.32 Å². The number of piperidine rings is 1. The van der Waals surface area contributed by atoms with Crippen LogP contribution in [0, 0.1) is 5.92 Å². The minimum absolute atomic E-state index is 0.255. The molecule has 1 aromatic carbocycles. The highest BCUT2D eigenvalue weighted by molar-refractivity contribution is 5.43. The third kappa shape index (κ3) is 1.93. The molecule has 2 bridgehead atoms. The summed E-state index contributed by atoms with van der Waals surface area (Å²) in [6.45, 7) is 9.62. The van der Waals surface area contributed by atoms with Gasteiger partial charge in [-0.2, -0.15) is 0 Å². The van der Waals surface area contributed by atoms with E-state index < -0.39 is 5.60 Å². The third-order valence-corrected chi connectivity index (χ3v) is 5.53. The molecule has 3 unspecified atom stereocenters. The Hall–Kier alpha value is -0.860. The number of fused-ring (bicyclic) bond motifs is 4. The Bertz CT molecular complexity index is 502. The van der Waals surface area contributed by atoms with Gasteiger partial charge in [-0.05, 0) is 61.3 Å². The molecule has 0 saturated carbocycles. The van der Waals surface area contributed by atoms with Gasteiger partial charge in [0.25, 0.3) is 0 Å². The Balaban J connectivity index is 2.14. The molecule has 104 valence electrons. The van der Waals surface area contributed by atoms with Crippen molar-refractivity contribution in [2.45, 2.75) is 57.6 Å². The molecule has 3 atom stereocenters. The van der Waals surface area contributed by atoms with Gasteiger partial charge in [-0.3, -0.25) is 0 Å². The Kier molecular flexibility index (Phi) is 2.81. The van der Waals surface area contributed by atoms with Crippen LogP contribution >= 0.6 is 0 Å². The van der Waals surface area contributed by atoms with Crippen LogP contribution in [0.2, 0.25) is 0 Å². The highest BCUT2D eigenvalue weighted by Crippen LogP contribution is 2.46. The molecule has 1 heterocycles. The van der Waals surface area contributed by atoms with Crippen LogP contribution in [0.25, 0.3) is 0 Å². The molecule has 1 aromatic rings. The second-order valence-electron chi connectivity index (χ2n) is 7.15. The van der Waals surface area contributed by atoms with Gasteiger partial charge in [-0.25, -0.2) is 0 Å². The number of benzene rings is 1. The Morgan fingerprint density at radius 2 is 2.11 bits per heavy atom. The first-order valence-electron chi connectivity index (χ1n) is 7.42. The van der Waals surface area contributed by atoms with Crippen LogP contribution in [0.15, 0.2) is 18.2 Å². The van der Waals surface area contributed by atoms with E-state index >= 15 is 0 Å². The molecular weight excluding hydrogens is 234 g/mol. The van der Waals surface area contributed by atoms with Crippen molar-refractivity contribution in [3.05, 3.63) is 34.9 Å². The van der Waals surface area contributed by atoms with E-state index in [-0.39, 0.29) is 5.41 Å². The normalized spacial score (nSPS) is 33.9. The summed E-state index contributed by atoms with van der Waals surface area (Å²) in [4.78, 5) is 0. The molecule has 2 nitrogen and oxygen atoms in total. The largest absolute Gasteiger partial charge is 0.386 e. The Labute approximate surface area is 116 Å². The lowest BCUT2D eigenvalue weighted by Crippen LogP contribution is -2.56. The van der Waals surface area contributed by atoms with E-state index in [0.717, 1.165) is 18.5 Å². The van der Waals surface area contributed by atoms with Crippen LogP contribution in [0.5, 0.6) is 0 Å². The molecule has 2 N–H and O–H groups in total. The van der Waals surface area contributed by atoms with E-state index in [2.05, 4.69) is 37.4 Å². The zero-order chi connectivity index (χ0) is 13.8. The minimum atomic E-state index is -0.752. The molecule has 1 aliphatic heterocycles. The quantitative estimate of drug-likeness (QED) is 0.813. The van der Waals surface area contributed by atoms with Crippen molar-refractivity contribution >= 4 is 0 Å². The van der Waals surface area contributed by atoms with E-state index in [0.29, 0.717) is 12.0 Å². The third-order valence-electron chi connectivity index (χ3n) is 5.53. The standard InChI is InChI=1S/C17H25NO/c1-11-15-9-12-5-6-13(16(2,3)19)10-14(12)17(11,4)7-8-18-15/h5-6,10-11,15,18-19H,7-9H2,1-4H3. The lowest BCUT2D eigenvalue weighted by atomic mass is 9.59. The molecule has 0 amide bonds. The Morgan fingerprint density at radius 1 is 1.37 bits per heavy atom. The van der Waals surface area contributed by atoms with Gasteiger partial charge in [0.1, 0.15) is 0 Å². The lowest BCUT2D eigenvalue weighted by Gasteiger charge is -2.50. The maximum Gasteiger partial charge on any atom is 0.0840 e. The first kappa shape index (κ1) is 13.1. The van der Waals surface area contributed by atoms with Crippen LogP contribution in [0.3, 0.4) is 0 Å². The van der Waals surface area contributed by atoms with Crippen LogP contribution in [0.1, 0.15) is 50.8 Å². The predicted octanol–water partition coefficient (Wildman–Crippen LogP) is 2.73. The van der Waals surface area contributed by atoms with Gasteiger partial charge >= 0.3 is 0 Å². The fourth-order valence-corrected chi connectivity index (χ4v) is 3.90. The summed E-state index contributed by atoms with van der Waals surface area (Å²) >= 11 is 0.